The minimum Gasteiger partial charge on any atom is -0.358 e. The van der Waals surface area contributed by atoms with Crippen LogP contribution in [0.5, 0.6) is 0 Å². The van der Waals surface area contributed by atoms with Gasteiger partial charge < -0.3 is 27.4 Å². The van der Waals surface area contributed by atoms with E-state index in [1.165, 1.54) is 50.1 Å². The summed E-state index contributed by atoms with van der Waals surface area (Å²) in [6, 6.07) is 103. The van der Waals surface area contributed by atoms with Crippen molar-refractivity contribution in [1.29, 1.82) is 0 Å². The second kappa shape index (κ2) is 39.7. The number of benzene rings is 10. The standard InChI is InChI=1S/C22H16N.C18H14N.C18H15N.C18H14N.C11H8N.CH3.4Ir/c1-16-14-22(23-15-21(16)18-8-3-2-4-9-18)20-13-7-11-17-10-5-6-12-19(17)20;1-14-12-18(16-10-6-3-7-11-16)19-13-17(14)15-8-4-2-5-9-15;1-14-7-5-6-10-17(14)16-11-12-19-18(13-16)15-8-3-2-4-9-15;1-14-13-16(18-9-5-6-12-19-18)10-11-17(14)15-7-3-2-4-8-15;1-2-6-10(7-3-1)11-8-4-5-9-12-11;;;;;/h2-12,14-15H,1H3;2-10,12-13H,1H3;2-13H,1H3;2-9,11-13H,1H3;1-6,8-9H;1H3;;;;/q2*-1;;3*-1;;;;/i2D,3D,4D,8D,9D;;;;;;;;;. The van der Waals surface area contributed by atoms with Gasteiger partial charge in [0.15, 0.2) is 0 Å². The van der Waals surface area contributed by atoms with Crippen molar-refractivity contribution in [3.63, 3.8) is 0 Å². The minimum atomic E-state index is -0.397. The van der Waals surface area contributed by atoms with Crippen LogP contribution in [-0.2, 0) is 80.4 Å². The van der Waals surface area contributed by atoms with Crippen LogP contribution in [0.1, 0.15) is 29.1 Å². The summed E-state index contributed by atoms with van der Waals surface area (Å²) in [5.41, 5.74) is 22.3. The van der Waals surface area contributed by atoms with Crippen molar-refractivity contribution in [2.45, 2.75) is 27.7 Å². The summed E-state index contributed by atoms with van der Waals surface area (Å²) in [7, 11) is 0. The van der Waals surface area contributed by atoms with E-state index in [0.29, 0.717) is 5.56 Å². The summed E-state index contributed by atoms with van der Waals surface area (Å²) in [6.07, 6.45) is 9.00. The summed E-state index contributed by atoms with van der Waals surface area (Å²) in [5, 5.41) is 2.12. The molecule has 0 aliphatic carbocycles. The van der Waals surface area contributed by atoms with Gasteiger partial charge in [-0.1, -0.05) is 230 Å². The van der Waals surface area contributed by atoms with E-state index in [-0.39, 0.29) is 118 Å². The third-order valence-corrected chi connectivity index (χ3v) is 15.2. The molecule has 0 atom stereocenters. The first-order valence-corrected chi connectivity index (χ1v) is 30.3. The fourth-order valence-electron chi connectivity index (χ4n) is 10.4. The predicted molar refractivity (Wildman–Crippen MR) is 388 cm³/mol. The molecule has 0 fully saturated rings. The van der Waals surface area contributed by atoms with Gasteiger partial charge in [0, 0.05) is 128 Å². The minimum absolute atomic E-state index is 0. The predicted octanol–water partition coefficient (Wildman–Crippen LogP) is 22.4. The Morgan fingerprint density at radius 2 is 0.794 bits per heavy atom. The summed E-state index contributed by atoms with van der Waals surface area (Å²) < 4.78 is 39.9. The number of pyridine rings is 5. The Hall–Kier alpha value is -9.19. The molecule has 9 heteroatoms. The quantitative estimate of drug-likeness (QED) is 0.135. The fourth-order valence-corrected chi connectivity index (χ4v) is 10.4. The molecule has 0 saturated heterocycles. The zero-order valence-corrected chi connectivity index (χ0v) is 63.5. The SMILES string of the molecule is Cc1cc(-c2[c-]cccc2)ncc1-c1ccccc1.Cc1cc(-c2ccccn2)[c-]cc1-c1ccccc1.Cc1ccccc1-c1ccnc(-c2ccccc2)c1.[2H]c1c([2H])c([2H])c(-c2cnc(-c3[c-]ccc4ccccc34)cc2C)c([2H])c1[2H].[CH3-].[Ir].[Ir].[Ir].[Ir].[c-]1ccccc1-c1ccccn1. The second-order valence-electron chi connectivity index (χ2n) is 21.5. The van der Waals surface area contributed by atoms with Crippen molar-refractivity contribution in [2.75, 3.05) is 0 Å². The number of rotatable bonds is 9. The molecule has 0 N–H and O–H groups in total. The molecule has 5 heterocycles. The van der Waals surface area contributed by atoms with Crippen LogP contribution >= 0.6 is 0 Å². The van der Waals surface area contributed by atoms with E-state index in [1.54, 1.807) is 12.4 Å². The molecule has 15 aromatic rings. The van der Waals surface area contributed by atoms with Gasteiger partial charge in [-0.25, -0.2) is 0 Å². The van der Waals surface area contributed by atoms with Crippen LogP contribution in [0.4, 0.5) is 0 Å². The molecule has 0 aliphatic heterocycles. The fraction of sp³-hybridized carbons (Fsp3) is 0.0455. The third-order valence-electron chi connectivity index (χ3n) is 15.2. The van der Waals surface area contributed by atoms with Gasteiger partial charge in [0.2, 0.25) is 0 Å². The number of aryl methyl sites for hydroxylation is 4. The number of hydrogen-bond acceptors (Lipinski definition) is 5. The van der Waals surface area contributed by atoms with Crippen molar-refractivity contribution in [1.82, 2.24) is 24.9 Å². The molecule has 0 spiro atoms. The third kappa shape index (κ3) is 21.2. The largest absolute Gasteiger partial charge is 0.358 e. The molecule has 5 nitrogen and oxygen atoms in total. The average Bonchev–Trinajstić information content (AvgIpc) is 0.769. The Bertz CT molecular complexity index is 4900. The zero-order valence-electron chi connectivity index (χ0n) is 58.9. The van der Waals surface area contributed by atoms with Crippen LogP contribution in [-0.4, -0.2) is 24.9 Å². The van der Waals surface area contributed by atoms with E-state index in [2.05, 4.69) is 173 Å². The van der Waals surface area contributed by atoms with Gasteiger partial charge in [0.25, 0.3) is 0 Å². The smallest absolute Gasteiger partial charge is 0.0708 e. The van der Waals surface area contributed by atoms with Gasteiger partial charge in [0.05, 0.1) is 12.5 Å². The van der Waals surface area contributed by atoms with Crippen LogP contribution < -0.4 is 0 Å². The van der Waals surface area contributed by atoms with Crippen molar-refractivity contribution in [3.8, 4) is 101 Å². The van der Waals surface area contributed by atoms with Crippen LogP contribution in [0.15, 0.2) is 334 Å². The molecular weight excluding hydrogens is 1900 g/mol. The zero-order chi connectivity index (χ0) is 67.5. The molecule has 4 radical (unpaired) electrons. The number of nitrogens with zero attached hydrogens (tertiary/aromatic N) is 5. The van der Waals surface area contributed by atoms with E-state index in [9.17, 15) is 0 Å². The van der Waals surface area contributed by atoms with Crippen molar-refractivity contribution < 1.29 is 87.3 Å². The van der Waals surface area contributed by atoms with Gasteiger partial charge in [-0.05, 0) is 107 Å². The summed E-state index contributed by atoms with van der Waals surface area (Å²) in [6.45, 7) is 8.24. The molecule has 97 heavy (non-hydrogen) atoms. The second-order valence-corrected chi connectivity index (χ2v) is 21.5. The van der Waals surface area contributed by atoms with Crippen molar-refractivity contribution in [3.05, 3.63) is 388 Å². The average molecular weight is 1970 g/mol. The molecule has 0 saturated carbocycles. The number of hydrogen-bond donors (Lipinski definition) is 0. The van der Waals surface area contributed by atoms with E-state index in [4.69, 9.17) is 6.85 Å². The van der Waals surface area contributed by atoms with Crippen molar-refractivity contribution in [2.24, 2.45) is 0 Å². The van der Waals surface area contributed by atoms with Gasteiger partial charge in [-0.2, -0.15) is 0 Å². The molecule has 0 amide bonds. The maximum absolute atomic E-state index is 8.19. The number of aromatic nitrogens is 5. The maximum atomic E-state index is 8.19. The monoisotopic (exact) mass is 1970 g/mol. The molecule has 0 aliphatic rings. The number of fused-ring (bicyclic) bond motifs is 1. The van der Waals surface area contributed by atoms with Crippen LogP contribution in [0.3, 0.4) is 0 Å². The molecule has 5 aromatic heterocycles. The normalized spacial score (nSPS) is 10.6. The maximum Gasteiger partial charge on any atom is 0.0708 e. The Morgan fingerprint density at radius 1 is 0.299 bits per heavy atom. The summed E-state index contributed by atoms with van der Waals surface area (Å²) in [4.78, 5) is 22.1. The van der Waals surface area contributed by atoms with Crippen LogP contribution in [0.25, 0.3) is 112 Å². The summed E-state index contributed by atoms with van der Waals surface area (Å²) >= 11 is 0. The summed E-state index contributed by atoms with van der Waals surface area (Å²) in [5.74, 6) is 0. The van der Waals surface area contributed by atoms with Gasteiger partial charge in [-0.3, -0.25) is 4.98 Å². The van der Waals surface area contributed by atoms with E-state index in [0.717, 1.165) is 72.6 Å². The Kier molecular flexibility index (Phi) is 28.3. The molecule has 0 unspecified atom stereocenters. The van der Waals surface area contributed by atoms with E-state index < -0.39 is 6.04 Å². The van der Waals surface area contributed by atoms with E-state index >= 15 is 0 Å². The Balaban J connectivity index is 0.000000202. The first-order chi connectivity index (χ1) is 47.4. The van der Waals surface area contributed by atoms with Gasteiger partial charge in [0.1, 0.15) is 0 Å². The van der Waals surface area contributed by atoms with Gasteiger partial charge >= 0.3 is 0 Å². The van der Waals surface area contributed by atoms with Crippen LogP contribution in [0, 0.1) is 59.4 Å². The molecule has 488 valence electrons. The van der Waals surface area contributed by atoms with Crippen molar-refractivity contribution >= 4 is 10.8 Å². The topological polar surface area (TPSA) is 64.5 Å². The molecular formula is C88H70Ir4N5-5. The Morgan fingerprint density at radius 3 is 1.37 bits per heavy atom. The van der Waals surface area contributed by atoms with E-state index in [1.807, 2.05) is 195 Å². The Labute approximate surface area is 634 Å². The molecule has 10 aromatic carbocycles. The molecule has 15 rings (SSSR count). The van der Waals surface area contributed by atoms with Crippen LogP contribution in [0.2, 0.25) is 0 Å². The van der Waals surface area contributed by atoms with Gasteiger partial charge in [-0.15, -0.1) is 130 Å². The molecule has 0 bridgehead atoms. The first kappa shape index (κ1) is 69.2. The first-order valence-electron chi connectivity index (χ1n) is 32.8.